The molecule has 1 aromatic carbocycles. The molecule has 9 nitrogen and oxygen atoms in total. The molecule has 0 saturated carbocycles. The maximum absolute atomic E-state index is 12.1. The molecule has 3 rings (SSSR count). The van der Waals surface area contributed by atoms with E-state index in [1.807, 2.05) is 0 Å². The summed E-state index contributed by atoms with van der Waals surface area (Å²) in [7, 11) is 0. The highest BCUT2D eigenvalue weighted by Crippen LogP contribution is 2.23. The van der Waals surface area contributed by atoms with Crippen LogP contribution in [-0.4, -0.2) is 74.4 Å². The largest absolute Gasteiger partial charge is 0.464 e. The number of amidine groups is 1. The van der Waals surface area contributed by atoms with Crippen molar-refractivity contribution in [3.05, 3.63) is 29.8 Å². The van der Waals surface area contributed by atoms with Crippen molar-refractivity contribution < 1.29 is 23.8 Å². The first-order valence-corrected chi connectivity index (χ1v) is 8.88. The molecule has 27 heavy (non-hydrogen) atoms. The van der Waals surface area contributed by atoms with Crippen molar-refractivity contribution in [3.63, 3.8) is 0 Å². The van der Waals surface area contributed by atoms with E-state index >= 15 is 0 Å². The molecule has 3 N–H and O–H groups in total. The predicted molar refractivity (Wildman–Crippen MR) is 97.9 cm³/mol. The van der Waals surface area contributed by atoms with E-state index in [4.69, 9.17) is 25.4 Å². The number of esters is 1. The van der Waals surface area contributed by atoms with Gasteiger partial charge in [-0.3, -0.25) is 15.2 Å². The zero-order valence-corrected chi connectivity index (χ0v) is 15.2. The van der Waals surface area contributed by atoms with Gasteiger partial charge in [0.25, 0.3) is 0 Å². The zero-order valence-electron chi connectivity index (χ0n) is 15.2. The van der Waals surface area contributed by atoms with E-state index in [2.05, 4.69) is 4.90 Å². The van der Waals surface area contributed by atoms with Gasteiger partial charge in [0.05, 0.1) is 19.3 Å². The number of hydrogen-bond donors (Lipinski definition) is 2. The highest BCUT2D eigenvalue weighted by atomic mass is 16.6. The molecule has 146 valence electrons. The Hall–Kier alpha value is -2.65. The normalized spacial score (nSPS) is 20.3. The Morgan fingerprint density at radius 2 is 2.00 bits per heavy atom. The summed E-state index contributed by atoms with van der Waals surface area (Å²) >= 11 is 0. The number of hydrogen-bond acceptors (Lipinski definition) is 7. The molecular formula is C18H24N4O5. The van der Waals surface area contributed by atoms with Crippen LogP contribution in [0, 0.1) is 5.41 Å². The number of nitrogen functional groups attached to an aromatic ring is 1. The van der Waals surface area contributed by atoms with Gasteiger partial charge in [-0.1, -0.05) is 0 Å². The molecular weight excluding hydrogens is 352 g/mol. The summed E-state index contributed by atoms with van der Waals surface area (Å²) in [5.74, 6) is -0.368. The molecule has 2 heterocycles. The minimum atomic E-state index is -0.383. The second kappa shape index (κ2) is 8.36. The van der Waals surface area contributed by atoms with Crippen LogP contribution in [0.25, 0.3) is 0 Å². The number of likely N-dealkylation sites (tertiary alicyclic amines) is 1. The summed E-state index contributed by atoms with van der Waals surface area (Å²) < 4.78 is 15.7. The van der Waals surface area contributed by atoms with Gasteiger partial charge >= 0.3 is 12.1 Å². The second-order valence-electron chi connectivity index (χ2n) is 6.53. The van der Waals surface area contributed by atoms with Gasteiger partial charge in [0, 0.05) is 30.9 Å². The Bertz CT molecular complexity index is 702. The average Bonchev–Trinajstić information content (AvgIpc) is 2.97. The van der Waals surface area contributed by atoms with Crippen LogP contribution in [0.3, 0.4) is 0 Å². The van der Waals surface area contributed by atoms with Gasteiger partial charge in [0.1, 0.15) is 18.5 Å². The molecule has 1 atom stereocenters. The summed E-state index contributed by atoms with van der Waals surface area (Å²) in [4.78, 5) is 27.1. The number of amides is 1. The van der Waals surface area contributed by atoms with Crippen molar-refractivity contribution in [2.45, 2.75) is 19.1 Å². The summed E-state index contributed by atoms with van der Waals surface area (Å²) in [5.41, 5.74) is 6.77. The van der Waals surface area contributed by atoms with Crippen LogP contribution in [0.2, 0.25) is 0 Å². The van der Waals surface area contributed by atoms with E-state index in [-0.39, 0.29) is 36.7 Å². The molecule has 0 aromatic heterocycles. The Labute approximate surface area is 157 Å². The highest BCUT2D eigenvalue weighted by molar-refractivity contribution is 5.96. The lowest BCUT2D eigenvalue weighted by Crippen LogP contribution is -2.55. The van der Waals surface area contributed by atoms with Crippen molar-refractivity contribution in [2.75, 3.05) is 44.3 Å². The van der Waals surface area contributed by atoms with Crippen molar-refractivity contribution in [2.24, 2.45) is 5.73 Å². The number of nitrogens with one attached hydrogen (secondary N) is 1. The number of nitrogens with two attached hydrogens (primary N) is 1. The molecule has 2 aliphatic rings. The first-order chi connectivity index (χ1) is 13.0. The molecule has 0 radical (unpaired) electrons. The minimum Gasteiger partial charge on any atom is -0.464 e. The second-order valence-corrected chi connectivity index (χ2v) is 6.53. The Kier molecular flexibility index (Phi) is 5.92. The van der Waals surface area contributed by atoms with E-state index in [0.29, 0.717) is 44.0 Å². The predicted octanol–water partition coefficient (Wildman–Crippen LogP) is 0.560. The molecule has 0 bridgehead atoms. The lowest BCUT2D eigenvalue weighted by molar-refractivity contribution is -0.155. The number of cyclic esters (lactones) is 1. The molecule has 1 unspecified atom stereocenters. The van der Waals surface area contributed by atoms with E-state index in [9.17, 15) is 9.59 Å². The van der Waals surface area contributed by atoms with Gasteiger partial charge in [0.2, 0.25) is 0 Å². The topological polar surface area (TPSA) is 118 Å². The van der Waals surface area contributed by atoms with E-state index < -0.39 is 0 Å². The van der Waals surface area contributed by atoms with Crippen LogP contribution in [0.1, 0.15) is 12.5 Å². The molecule has 1 amide bonds. The van der Waals surface area contributed by atoms with Crippen LogP contribution < -0.4 is 10.6 Å². The molecule has 2 fully saturated rings. The highest BCUT2D eigenvalue weighted by Gasteiger charge is 2.37. The fourth-order valence-corrected chi connectivity index (χ4v) is 3.10. The lowest BCUT2D eigenvalue weighted by atomic mass is 10.1. The van der Waals surface area contributed by atoms with E-state index in [1.165, 1.54) is 0 Å². The number of benzene rings is 1. The van der Waals surface area contributed by atoms with Crippen molar-refractivity contribution in [1.82, 2.24) is 4.90 Å². The van der Waals surface area contributed by atoms with Crippen LogP contribution in [0.15, 0.2) is 24.3 Å². The number of anilines is 1. The summed E-state index contributed by atoms with van der Waals surface area (Å²) in [5, 5.41) is 7.41. The molecule has 9 heteroatoms. The Morgan fingerprint density at radius 1 is 1.30 bits per heavy atom. The van der Waals surface area contributed by atoms with Gasteiger partial charge < -0.3 is 19.9 Å². The van der Waals surface area contributed by atoms with Crippen molar-refractivity contribution >= 4 is 23.6 Å². The monoisotopic (exact) mass is 376 g/mol. The number of nitrogens with zero attached hydrogens (tertiary/aromatic N) is 2. The summed E-state index contributed by atoms with van der Waals surface area (Å²) in [6.07, 6.45) is -0.607. The standard InChI is InChI=1S/C18H24N4O5/c1-2-25-16(23)11-26-14-7-21(8-14)9-15-10-22(18(24)27-15)13-5-3-12(4-6-13)17(19)20/h3-6,14-15H,2,7-11H2,1H3,(H3,19,20). The van der Waals surface area contributed by atoms with Gasteiger partial charge in [-0.25, -0.2) is 9.59 Å². The number of carbonyl (C=O) groups is 2. The van der Waals surface area contributed by atoms with Crippen molar-refractivity contribution in [3.8, 4) is 0 Å². The molecule has 0 spiro atoms. The quantitative estimate of drug-likeness (QED) is 0.387. The van der Waals surface area contributed by atoms with E-state index in [0.717, 1.165) is 0 Å². The van der Waals surface area contributed by atoms with Gasteiger partial charge in [0.15, 0.2) is 0 Å². The van der Waals surface area contributed by atoms with Gasteiger partial charge in [-0.15, -0.1) is 0 Å². The SMILES string of the molecule is CCOC(=O)COC1CN(CC2CN(c3ccc(C(=N)N)cc3)C(=O)O2)C1. The smallest absolute Gasteiger partial charge is 0.414 e. The minimum absolute atomic E-state index is 0.00161. The fraction of sp³-hybridized carbons (Fsp3) is 0.500. The third-order valence-corrected chi connectivity index (χ3v) is 4.49. The first kappa shape index (κ1) is 19.1. The van der Waals surface area contributed by atoms with E-state index in [1.54, 1.807) is 36.1 Å². The number of rotatable bonds is 8. The third kappa shape index (κ3) is 4.75. The maximum Gasteiger partial charge on any atom is 0.414 e. The molecule has 2 aliphatic heterocycles. The Balaban J connectivity index is 1.42. The van der Waals surface area contributed by atoms with Gasteiger partial charge in [-0.05, 0) is 31.2 Å². The third-order valence-electron chi connectivity index (χ3n) is 4.49. The first-order valence-electron chi connectivity index (χ1n) is 8.88. The summed E-state index contributed by atoms with van der Waals surface area (Å²) in [6.45, 7) is 4.54. The van der Waals surface area contributed by atoms with Crippen LogP contribution >= 0.6 is 0 Å². The molecule has 0 aliphatic carbocycles. The Morgan fingerprint density at radius 3 is 2.63 bits per heavy atom. The van der Waals surface area contributed by atoms with Crippen molar-refractivity contribution in [1.29, 1.82) is 5.41 Å². The lowest BCUT2D eigenvalue weighted by Gasteiger charge is -2.39. The zero-order chi connectivity index (χ0) is 19.4. The molecule has 1 aromatic rings. The fourth-order valence-electron chi connectivity index (χ4n) is 3.10. The average molecular weight is 376 g/mol. The summed E-state index contributed by atoms with van der Waals surface area (Å²) in [6, 6.07) is 6.92. The van der Waals surface area contributed by atoms with Crippen LogP contribution in [0.4, 0.5) is 10.5 Å². The number of carbonyl (C=O) groups excluding carboxylic acids is 2. The molecule has 2 saturated heterocycles. The number of ether oxygens (including phenoxy) is 3. The van der Waals surface area contributed by atoms with Gasteiger partial charge in [-0.2, -0.15) is 0 Å². The van der Waals surface area contributed by atoms with Crippen LogP contribution in [-0.2, 0) is 19.0 Å². The maximum atomic E-state index is 12.1. The van der Waals surface area contributed by atoms with Crippen LogP contribution in [0.5, 0.6) is 0 Å².